The van der Waals surface area contributed by atoms with Crippen LogP contribution in [0.4, 0.5) is 0 Å². The van der Waals surface area contributed by atoms with Crippen molar-refractivity contribution in [1.82, 2.24) is 0 Å². The van der Waals surface area contributed by atoms with Gasteiger partial charge in [0.1, 0.15) is 36.6 Å². The van der Waals surface area contributed by atoms with Crippen LogP contribution in [0.3, 0.4) is 0 Å². The molecule has 4 atom stereocenters. The molecule has 0 spiro atoms. The van der Waals surface area contributed by atoms with Crippen LogP contribution in [0.15, 0.2) is 54.6 Å². The largest absolute Gasteiger partial charge is 0.492 e. The van der Waals surface area contributed by atoms with E-state index in [4.69, 9.17) is 24.1 Å². The quantitative estimate of drug-likeness (QED) is 0.370. The second kappa shape index (κ2) is 11.7. The number of hydrogen-bond acceptors (Lipinski definition) is 7. The van der Waals surface area contributed by atoms with Crippen molar-refractivity contribution in [3.8, 4) is 28.4 Å². The Morgan fingerprint density at radius 1 is 0.949 bits per heavy atom. The fourth-order valence-electron chi connectivity index (χ4n) is 5.32. The number of rotatable bonds is 9. The molecule has 1 fully saturated rings. The fourth-order valence-corrected chi connectivity index (χ4v) is 5.32. The highest BCUT2D eigenvalue weighted by Gasteiger charge is 2.29. The number of aliphatic hydroxyl groups excluding tert-OH is 2. The van der Waals surface area contributed by atoms with Gasteiger partial charge in [-0.1, -0.05) is 24.3 Å². The van der Waals surface area contributed by atoms with Crippen molar-refractivity contribution in [3.05, 3.63) is 76.9 Å². The lowest BCUT2D eigenvalue weighted by Gasteiger charge is -2.30. The van der Waals surface area contributed by atoms with Gasteiger partial charge in [0, 0.05) is 24.0 Å². The molecule has 3 aromatic carbocycles. The molecule has 0 radical (unpaired) electrons. The molecule has 0 saturated carbocycles. The molecule has 3 aromatic rings. The van der Waals surface area contributed by atoms with Crippen molar-refractivity contribution >= 4 is 5.97 Å². The number of fused-ring (bicyclic) bond motifs is 1. The van der Waals surface area contributed by atoms with E-state index < -0.39 is 18.2 Å². The second-order valence-corrected chi connectivity index (χ2v) is 10.4. The highest BCUT2D eigenvalue weighted by Crippen LogP contribution is 2.38. The summed E-state index contributed by atoms with van der Waals surface area (Å²) in [5.41, 5.74) is 6.30. The average Bonchev–Trinajstić information content (AvgIpc) is 3.29. The monoisotopic (exact) mass is 534 g/mol. The van der Waals surface area contributed by atoms with E-state index in [9.17, 15) is 15.0 Å². The third-order valence-corrected chi connectivity index (χ3v) is 7.30. The number of carbonyl (C=O) groups is 1. The maximum Gasteiger partial charge on any atom is 0.304 e. The van der Waals surface area contributed by atoms with Crippen LogP contribution in [-0.4, -0.2) is 59.4 Å². The van der Waals surface area contributed by atoms with Crippen molar-refractivity contribution in [1.29, 1.82) is 0 Å². The molecule has 0 aromatic heterocycles. The van der Waals surface area contributed by atoms with Crippen LogP contribution < -0.4 is 14.2 Å². The van der Waals surface area contributed by atoms with Crippen LogP contribution in [0.5, 0.6) is 17.2 Å². The van der Waals surface area contributed by atoms with Crippen LogP contribution in [0.1, 0.15) is 41.0 Å². The van der Waals surface area contributed by atoms with Gasteiger partial charge in [-0.2, -0.15) is 0 Å². The molecule has 0 amide bonds. The highest BCUT2D eigenvalue weighted by atomic mass is 16.5. The Morgan fingerprint density at radius 2 is 1.74 bits per heavy atom. The number of ether oxygens (including phenoxy) is 4. The first-order chi connectivity index (χ1) is 18.8. The highest BCUT2D eigenvalue weighted by molar-refractivity contribution is 5.72. The molecular formula is C31H34O8. The molecule has 206 valence electrons. The van der Waals surface area contributed by atoms with E-state index in [1.54, 1.807) is 0 Å². The smallest absolute Gasteiger partial charge is 0.304 e. The van der Waals surface area contributed by atoms with Crippen LogP contribution in [0.2, 0.25) is 0 Å². The molecule has 39 heavy (non-hydrogen) atoms. The van der Waals surface area contributed by atoms with Gasteiger partial charge in [-0.15, -0.1) is 0 Å². The molecule has 0 bridgehead atoms. The Kier molecular flexibility index (Phi) is 8.07. The van der Waals surface area contributed by atoms with Crippen LogP contribution in [-0.2, 0) is 16.1 Å². The van der Waals surface area contributed by atoms with Gasteiger partial charge in [0.2, 0.25) is 0 Å². The topological polar surface area (TPSA) is 115 Å². The first-order valence-electron chi connectivity index (χ1n) is 13.2. The minimum Gasteiger partial charge on any atom is -0.492 e. The van der Waals surface area contributed by atoms with Gasteiger partial charge < -0.3 is 34.3 Å². The summed E-state index contributed by atoms with van der Waals surface area (Å²) in [6.07, 6.45) is -1.50. The van der Waals surface area contributed by atoms with Crippen LogP contribution in [0, 0.1) is 13.8 Å². The molecule has 5 rings (SSSR count). The van der Waals surface area contributed by atoms with E-state index in [-0.39, 0.29) is 25.0 Å². The first-order valence-corrected chi connectivity index (χ1v) is 13.2. The Labute approximate surface area is 227 Å². The summed E-state index contributed by atoms with van der Waals surface area (Å²) in [5.74, 6) is 1.13. The Bertz CT molecular complexity index is 1310. The molecule has 2 aliphatic heterocycles. The number of carboxylic acid groups (broad SMARTS) is 1. The molecule has 0 aliphatic carbocycles. The lowest BCUT2D eigenvalue weighted by molar-refractivity contribution is -0.137. The number of benzene rings is 3. The molecule has 2 aliphatic rings. The predicted octanol–water partition coefficient (Wildman–Crippen LogP) is 4.39. The van der Waals surface area contributed by atoms with Crippen LogP contribution >= 0.6 is 0 Å². The van der Waals surface area contributed by atoms with Gasteiger partial charge in [-0.05, 0) is 65.9 Å². The summed E-state index contributed by atoms with van der Waals surface area (Å²) in [6.45, 7) is 5.28. The van der Waals surface area contributed by atoms with Gasteiger partial charge in [0.05, 0.1) is 31.8 Å². The fraction of sp³-hybridized carbons (Fsp3) is 0.387. The first kappa shape index (κ1) is 27.0. The summed E-state index contributed by atoms with van der Waals surface area (Å²) in [7, 11) is 0. The van der Waals surface area contributed by atoms with Gasteiger partial charge in [-0.3, -0.25) is 4.79 Å². The van der Waals surface area contributed by atoms with Gasteiger partial charge in [0.15, 0.2) is 0 Å². The third-order valence-electron chi connectivity index (χ3n) is 7.30. The molecule has 8 nitrogen and oxygen atoms in total. The van der Waals surface area contributed by atoms with Crippen molar-refractivity contribution in [2.75, 3.05) is 19.8 Å². The number of carboxylic acids is 1. The third kappa shape index (κ3) is 6.36. The molecular weight excluding hydrogens is 500 g/mol. The van der Waals surface area contributed by atoms with Crippen molar-refractivity contribution in [2.24, 2.45) is 0 Å². The number of aliphatic hydroxyl groups is 2. The summed E-state index contributed by atoms with van der Waals surface area (Å²) in [4.78, 5) is 11.1. The summed E-state index contributed by atoms with van der Waals surface area (Å²) in [5, 5.41) is 28.6. The van der Waals surface area contributed by atoms with E-state index in [0.29, 0.717) is 37.7 Å². The SMILES string of the molecule is Cc1cc(OC[C@@H]2C[C@H](O)[C@H](O)CO2)cc(C)c1-c1cccc(COc2ccc3c(c2)OC[C@H]3CC(=O)O)c1. The van der Waals surface area contributed by atoms with E-state index >= 15 is 0 Å². The predicted molar refractivity (Wildman–Crippen MR) is 144 cm³/mol. The Balaban J connectivity index is 1.23. The minimum atomic E-state index is -0.841. The van der Waals surface area contributed by atoms with Crippen molar-refractivity contribution < 1.29 is 39.1 Å². The summed E-state index contributed by atoms with van der Waals surface area (Å²) < 4.78 is 23.3. The van der Waals surface area contributed by atoms with Crippen LogP contribution in [0.25, 0.3) is 11.1 Å². The maximum atomic E-state index is 11.1. The maximum absolute atomic E-state index is 11.1. The van der Waals surface area contributed by atoms with E-state index in [1.807, 2.05) is 42.5 Å². The normalized spacial score (nSPS) is 22.2. The Hall–Kier alpha value is -3.59. The van der Waals surface area contributed by atoms with E-state index in [2.05, 4.69) is 26.0 Å². The number of aliphatic carboxylic acids is 1. The van der Waals surface area contributed by atoms with Gasteiger partial charge in [-0.25, -0.2) is 0 Å². The second-order valence-electron chi connectivity index (χ2n) is 10.4. The summed E-state index contributed by atoms with van der Waals surface area (Å²) in [6, 6.07) is 17.8. The van der Waals surface area contributed by atoms with E-state index in [1.165, 1.54) is 0 Å². The molecule has 2 heterocycles. The zero-order chi connectivity index (χ0) is 27.5. The summed E-state index contributed by atoms with van der Waals surface area (Å²) >= 11 is 0. The molecule has 0 unspecified atom stereocenters. The number of aryl methyl sites for hydroxylation is 2. The van der Waals surface area contributed by atoms with E-state index in [0.717, 1.165) is 39.1 Å². The molecule has 8 heteroatoms. The van der Waals surface area contributed by atoms with Crippen molar-refractivity contribution in [3.63, 3.8) is 0 Å². The Morgan fingerprint density at radius 3 is 2.49 bits per heavy atom. The van der Waals surface area contributed by atoms with Crippen molar-refractivity contribution in [2.45, 2.75) is 57.5 Å². The van der Waals surface area contributed by atoms with Gasteiger partial charge >= 0.3 is 5.97 Å². The number of hydrogen-bond donors (Lipinski definition) is 3. The standard InChI is InChI=1S/C31H34O8/c1-18-8-24(37-16-25-12-27(32)28(33)17-38-25)9-19(2)31(18)21-5-3-4-20(10-21)14-36-23-6-7-26-22(11-30(34)35)15-39-29(26)13-23/h3-10,13,22,25,27-28,32-33H,11-12,14-17H2,1-2H3,(H,34,35)/t22-,25+,27+,28-/m1/s1. The molecule has 3 N–H and O–H groups in total. The zero-order valence-corrected chi connectivity index (χ0v) is 22.1. The van der Waals surface area contributed by atoms with Gasteiger partial charge in [0.25, 0.3) is 0 Å². The molecule has 1 saturated heterocycles. The average molecular weight is 535 g/mol. The zero-order valence-electron chi connectivity index (χ0n) is 22.1. The lowest BCUT2D eigenvalue weighted by Crippen LogP contribution is -2.43. The minimum absolute atomic E-state index is 0.0516. The lowest BCUT2D eigenvalue weighted by atomic mass is 9.94.